The van der Waals surface area contributed by atoms with Crippen LogP contribution in [0.25, 0.3) is 0 Å². The largest absolute Gasteiger partial charge is 0.409 e. The third-order valence-corrected chi connectivity index (χ3v) is 3.35. The van der Waals surface area contributed by atoms with Crippen molar-refractivity contribution in [2.75, 3.05) is 18.0 Å². The molecule has 5 heteroatoms. The number of piperidine rings is 1. The lowest BCUT2D eigenvalue weighted by Gasteiger charge is -2.33. The molecule has 2 heterocycles. The minimum Gasteiger partial charge on any atom is -0.409 e. The highest BCUT2D eigenvalue weighted by Gasteiger charge is 2.21. The second-order valence-electron chi connectivity index (χ2n) is 5.00. The van der Waals surface area contributed by atoms with Crippen molar-refractivity contribution in [2.45, 2.75) is 26.7 Å². The molecular formula is C13H20N4O. The monoisotopic (exact) mass is 248 g/mol. The molecule has 1 aromatic heterocycles. The molecule has 98 valence electrons. The van der Waals surface area contributed by atoms with E-state index in [9.17, 15) is 0 Å². The summed E-state index contributed by atoms with van der Waals surface area (Å²) in [6.07, 6.45) is 2.41. The Kier molecular flexibility index (Phi) is 3.69. The van der Waals surface area contributed by atoms with Gasteiger partial charge in [-0.3, -0.25) is 0 Å². The van der Waals surface area contributed by atoms with Gasteiger partial charge in [0, 0.05) is 18.8 Å². The quantitative estimate of drug-likeness (QED) is 0.362. The lowest BCUT2D eigenvalue weighted by molar-refractivity contribution is 0.318. The van der Waals surface area contributed by atoms with E-state index in [0.717, 1.165) is 31.0 Å². The number of nitrogens with two attached hydrogens (primary N) is 1. The van der Waals surface area contributed by atoms with E-state index in [-0.39, 0.29) is 5.84 Å². The standard InChI is InChI=1S/C13H20N4O/c1-9-4-3-7-17(8-9)13-11(12(14)16-18)6-5-10(2)15-13/h5-6,9,18H,3-4,7-8H2,1-2H3,(H2,14,16). The van der Waals surface area contributed by atoms with Gasteiger partial charge in [-0.15, -0.1) is 0 Å². The van der Waals surface area contributed by atoms with E-state index in [1.807, 2.05) is 19.1 Å². The molecule has 0 aliphatic carbocycles. The first kappa shape index (κ1) is 12.7. The number of rotatable bonds is 2. The number of pyridine rings is 1. The van der Waals surface area contributed by atoms with Crippen LogP contribution in [0.4, 0.5) is 5.82 Å². The summed E-state index contributed by atoms with van der Waals surface area (Å²) in [5.74, 6) is 1.61. The highest BCUT2D eigenvalue weighted by Crippen LogP contribution is 2.24. The fraction of sp³-hybridized carbons (Fsp3) is 0.538. The highest BCUT2D eigenvalue weighted by atomic mass is 16.4. The first-order valence-corrected chi connectivity index (χ1v) is 6.32. The lowest BCUT2D eigenvalue weighted by atomic mass is 10.00. The van der Waals surface area contributed by atoms with Crippen LogP contribution >= 0.6 is 0 Å². The SMILES string of the molecule is Cc1ccc(C(N)=NO)c(N2CCCC(C)C2)n1. The third-order valence-electron chi connectivity index (χ3n) is 3.35. The van der Waals surface area contributed by atoms with Gasteiger partial charge in [0.05, 0.1) is 5.56 Å². The van der Waals surface area contributed by atoms with E-state index in [0.29, 0.717) is 11.5 Å². The van der Waals surface area contributed by atoms with E-state index in [1.165, 1.54) is 6.42 Å². The van der Waals surface area contributed by atoms with Gasteiger partial charge in [-0.2, -0.15) is 0 Å². The molecule has 1 aliphatic heterocycles. The van der Waals surface area contributed by atoms with Gasteiger partial charge in [0.15, 0.2) is 5.84 Å². The Morgan fingerprint density at radius 2 is 2.33 bits per heavy atom. The van der Waals surface area contributed by atoms with Crippen molar-refractivity contribution in [3.05, 3.63) is 23.4 Å². The van der Waals surface area contributed by atoms with Crippen LogP contribution in [0.15, 0.2) is 17.3 Å². The second-order valence-corrected chi connectivity index (χ2v) is 5.00. The van der Waals surface area contributed by atoms with Gasteiger partial charge in [0.25, 0.3) is 0 Å². The minimum absolute atomic E-state index is 0.121. The Morgan fingerprint density at radius 1 is 1.56 bits per heavy atom. The zero-order chi connectivity index (χ0) is 13.1. The molecule has 2 rings (SSSR count). The molecule has 1 aromatic rings. The Morgan fingerprint density at radius 3 is 3.00 bits per heavy atom. The molecule has 1 saturated heterocycles. The maximum atomic E-state index is 8.85. The normalized spacial score (nSPS) is 21.1. The Labute approximate surface area is 107 Å². The van der Waals surface area contributed by atoms with E-state index in [2.05, 4.69) is 22.0 Å². The fourth-order valence-corrected chi connectivity index (χ4v) is 2.42. The maximum Gasteiger partial charge on any atom is 0.173 e. The average molecular weight is 248 g/mol. The van der Waals surface area contributed by atoms with E-state index >= 15 is 0 Å². The van der Waals surface area contributed by atoms with Crippen LogP contribution in [0, 0.1) is 12.8 Å². The van der Waals surface area contributed by atoms with Gasteiger partial charge in [0.2, 0.25) is 0 Å². The van der Waals surface area contributed by atoms with Crippen LogP contribution in [0.3, 0.4) is 0 Å². The summed E-state index contributed by atoms with van der Waals surface area (Å²) >= 11 is 0. The Balaban J connectivity index is 2.38. The van der Waals surface area contributed by atoms with Crippen molar-refractivity contribution in [2.24, 2.45) is 16.8 Å². The zero-order valence-corrected chi connectivity index (χ0v) is 10.9. The summed E-state index contributed by atoms with van der Waals surface area (Å²) < 4.78 is 0. The van der Waals surface area contributed by atoms with Crippen molar-refractivity contribution >= 4 is 11.7 Å². The van der Waals surface area contributed by atoms with Crippen molar-refractivity contribution in [3.8, 4) is 0 Å². The van der Waals surface area contributed by atoms with Crippen molar-refractivity contribution in [1.82, 2.24) is 4.98 Å². The van der Waals surface area contributed by atoms with Gasteiger partial charge in [0.1, 0.15) is 5.82 Å². The average Bonchev–Trinajstić information content (AvgIpc) is 2.38. The number of aromatic nitrogens is 1. The number of hydrogen-bond donors (Lipinski definition) is 2. The van der Waals surface area contributed by atoms with Crippen LogP contribution in [-0.4, -0.2) is 29.1 Å². The van der Waals surface area contributed by atoms with Crippen LogP contribution in [-0.2, 0) is 0 Å². The summed E-state index contributed by atoms with van der Waals surface area (Å²) in [5, 5.41) is 11.9. The molecule has 1 unspecified atom stereocenters. The summed E-state index contributed by atoms with van der Waals surface area (Å²) in [5.41, 5.74) is 7.37. The molecular weight excluding hydrogens is 228 g/mol. The molecule has 1 atom stereocenters. The Hall–Kier alpha value is -1.78. The first-order chi connectivity index (χ1) is 8.61. The molecule has 0 aromatic carbocycles. The third kappa shape index (κ3) is 2.55. The summed E-state index contributed by atoms with van der Waals surface area (Å²) in [4.78, 5) is 6.78. The molecule has 0 radical (unpaired) electrons. The van der Waals surface area contributed by atoms with Gasteiger partial charge in [-0.25, -0.2) is 4.98 Å². The summed E-state index contributed by atoms with van der Waals surface area (Å²) in [6, 6.07) is 3.75. The van der Waals surface area contributed by atoms with E-state index in [1.54, 1.807) is 0 Å². The van der Waals surface area contributed by atoms with Crippen LogP contribution < -0.4 is 10.6 Å². The van der Waals surface area contributed by atoms with Crippen LogP contribution in [0.5, 0.6) is 0 Å². The summed E-state index contributed by atoms with van der Waals surface area (Å²) in [6.45, 7) is 6.15. The molecule has 0 bridgehead atoms. The highest BCUT2D eigenvalue weighted by molar-refractivity contribution is 6.01. The van der Waals surface area contributed by atoms with Gasteiger partial charge in [-0.05, 0) is 37.8 Å². The molecule has 18 heavy (non-hydrogen) atoms. The van der Waals surface area contributed by atoms with Crippen molar-refractivity contribution in [3.63, 3.8) is 0 Å². The molecule has 3 N–H and O–H groups in total. The van der Waals surface area contributed by atoms with Crippen molar-refractivity contribution < 1.29 is 5.21 Å². The predicted molar refractivity (Wildman–Crippen MR) is 72.1 cm³/mol. The molecule has 5 nitrogen and oxygen atoms in total. The first-order valence-electron chi connectivity index (χ1n) is 6.32. The molecule has 0 amide bonds. The zero-order valence-electron chi connectivity index (χ0n) is 10.9. The lowest BCUT2D eigenvalue weighted by Crippen LogP contribution is -2.36. The predicted octanol–water partition coefficient (Wildman–Crippen LogP) is 1.72. The molecule has 0 saturated carbocycles. The molecule has 1 fully saturated rings. The molecule has 0 spiro atoms. The minimum atomic E-state index is 0.121. The topological polar surface area (TPSA) is 74.7 Å². The summed E-state index contributed by atoms with van der Waals surface area (Å²) in [7, 11) is 0. The van der Waals surface area contributed by atoms with Crippen LogP contribution in [0.2, 0.25) is 0 Å². The second kappa shape index (κ2) is 5.25. The smallest absolute Gasteiger partial charge is 0.173 e. The van der Waals surface area contributed by atoms with Crippen LogP contribution in [0.1, 0.15) is 31.0 Å². The van der Waals surface area contributed by atoms with E-state index in [4.69, 9.17) is 10.9 Å². The Bertz CT molecular complexity index is 458. The number of amidine groups is 1. The van der Waals surface area contributed by atoms with Crippen molar-refractivity contribution in [1.29, 1.82) is 0 Å². The number of nitrogens with zero attached hydrogens (tertiary/aromatic N) is 3. The van der Waals surface area contributed by atoms with Gasteiger partial charge >= 0.3 is 0 Å². The number of aryl methyl sites for hydroxylation is 1. The number of anilines is 1. The number of oxime groups is 1. The number of hydrogen-bond acceptors (Lipinski definition) is 4. The fourth-order valence-electron chi connectivity index (χ4n) is 2.42. The van der Waals surface area contributed by atoms with E-state index < -0.39 is 0 Å². The van der Waals surface area contributed by atoms with Gasteiger partial charge < -0.3 is 15.8 Å². The molecule has 1 aliphatic rings. The maximum absolute atomic E-state index is 8.85. The van der Waals surface area contributed by atoms with Gasteiger partial charge in [-0.1, -0.05) is 12.1 Å².